The van der Waals surface area contributed by atoms with Gasteiger partial charge in [-0.25, -0.2) is 8.42 Å². The molecular weight excluding hydrogens is 532 g/mol. The Bertz CT molecular complexity index is 1520. The zero-order valence-electron chi connectivity index (χ0n) is 20.1. The number of carbonyl (C=O) groups is 1. The molecule has 4 aromatic rings. The van der Waals surface area contributed by atoms with Crippen LogP contribution in [0.1, 0.15) is 24.2 Å². The van der Waals surface area contributed by atoms with Gasteiger partial charge in [-0.05, 0) is 60.2 Å². The summed E-state index contributed by atoms with van der Waals surface area (Å²) in [5.41, 5.74) is 2.19. The summed E-state index contributed by atoms with van der Waals surface area (Å²) in [6, 6.07) is 16.4. The van der Waals surface area contributed by atoms with E-state index in [1.165, 1.54) is 11.3 Å². The molecule has 0 spiro atoms. The number of aryl methyl sites for hydroxylation is 1. The van der Waals surface area contributed by atoms with Gasteiger partial charge in [0.2, 0.25) is 5.91 Å². The van der Waals surface area contributed by atoms with Crippen LogP contribution >= 0.6 is 22.9 Å². The maximum atomic E-state index is 13.2. The molecule has 0 bridgehead atoms. The van der Waals surface area contributed by atoms with Crippen LogP contribution < -0.4 is 9.64 Å². The monoisotopic (exact) mass is 556 g/mol. The fourth-order valence-corrected chi connectivity index (χ4v) is 6.46. The van der Waals surface area contributed by atoms with Crippen molar-refractivity contribution in [3.05, 3.63) is 76.4 Å². The SMILES string of the molecule is COc1ccc(N2CCCC2=O)cc1-n1c(CS(=O)(=O)CCc2ccc(Cl)cc2)nnc1-c1cccs1. The summed E-state index contributed by atoms with van der Waals surface area (Å²) < 4.78 is 33.8. The molecule has 8 nitrogen and oxygen atoms in total. The first-order valence-electron chi connectivity index (χ1n) is 11.8. The number of carbonyl (C=O) groups excluding carboxylic acids is 1. The van der Waals surface area contributed by atoms with Gasteiger partial charge in [-0.2, -0.15) is 0 Å². The average Bonchev–Trinajstić information content (AvgIpc) is 3.64. The minimum absolute atomic E-state index is 0.0463. The fraction of sp³-hybridized carbons (Fsp3) is 0.269. The van der Waals surface area contributed by atoms with Gasteiger partial charge in [0.05, 0.1) is 23.4 Å². The Morgan fingerprint density at radius 1 is 1.11 bits per heavy atom. The van der Waals surface area contributed by atoms with Crippen LogP contribution in [0.5, 0.6) is 5.75 Å². The molecule has 1 fully saturated rings. The van der Waals surface area contributed by atoms with Crippen LogP contribution in [0.15, 0.2) is 60.0 Å². The van der Waals surface area contributed by atoms with Crippen molar-refractivity contribution in [1.29, 1.82) is 0 Å². The van der Waals surface area contributed by atoms with Gasteiger partial charge in [0.1, 0.15) is 11.5 Å². The quantitative estimate of drug-likeness (QED) is 0.290. The molecule has 2 aromatic heterocycles. The lowest BCUT2D eigenvalue weighted by molar-refractivity contribution is -0.117. The van der Waals surface area contributed by atoms with E-state index in [2.05, 4.69) is 10.2 Å². The van der Waals surface area contributed by atoms with Crippen LogP contribution in [-0.2, 0) is 26.8 Å². The van der Waals surface area contributed by atoms with E-state index < -0.39 is 9.84 Å². The molecule has 37 heavy (non-hydrogen) atoms. The van der Waals surface area contributed by atoms with Crippen LogP contribution in [0.25, 0.3) is 16.4 Å². The first kappa shape index (κ1) is 25.4. The van der Waals surface area contributed by atoms with Crippen molar-refractivity contribution in [3.63, 3.8) is 0 Å². The van der Waals surface area contributed by atoms with E-state index in [4.69, 9.17) is 16.3 Å². The number of ether oxygens (including phenoxy) is 1. The first-order chi connectivity index (χ1) is 17.8. The average molecular weight is 557 g/mol. The number of halogens is 1. The number of methoxy groups -OCH3 is 1. The molecule has 0 saturated carbocycles. The summed E-state index contributed by atoms with van der Waals surface area (Å²) in [4.78, 5) is 15.0. The van der Waals surface area contributed by atoms with Crippen molar-refractivity contribution < 1.29 is 17.9 Å². The van der Waals surface area contributed by atoms with Gasteiger partial charge in [-0.1, -0.05) is 29.8 Å². The number of rotatable bonds is 9. The third-order valence-corrected chi connectivity index (χ3v) is 8.87. The van der Waals surface area contributed by atoms with E-state index in [1.54, 1.807) is 34.8 Å². The Morgan fingerprint density at radius 2 is 1.92 bits per heavy atom. The van der Waals surface area contributed by atoms with Gasteiger partial charge < -0.3 is 9.64 Å². The topological polar surface area (TPSA) is 94.4 Å². The second-order valence-corrected chi connectivity index (χ2v) is 12.3. The predicted octanol–water partition coefficient (Wildman–Crippen LogP) is 4.94. The Kier molecular flexibility index (Phi) is 7.32. The molecule has 11 heteroatoms. The lowest BCUT2D eigenvalue weighted by Gasteiger charge is -2.20. The number of amides is 1. The van der Waals surface area contributed by atoms with Crippen LogP contribution in [0.4, 0.5) is 5.69 Å². The van der Waals surface area contributed by atoms with Crippen molar-refractivity contribution in [1.82, 2.24) is 14.8 Å². The third kappa shape index (κ3) is 5.56. The number of sulfone groups is 1. The minimum atomic E-state index is -3.54. The molecule has 3 heterocycles. The highest BCUT2D eigenvalue weighted by atomic mass is 35.5. The number of benzene rings is 2. The fourth-order valence-electron chi connectivity index (χ4n) is 4.36. The van der Waals surface area contributed by atoms with Crippen LogP contribution in [0.2, 0.25) is 5.02 Å². The molecule has 0 unspecified atom stereocenters. The van der Waals surface area contributed by atoms with E-state index in [1.807, 2.05) is 41.8 Å². The van der Waals surface area contributed by atoms with Gasteiger partial charge in [0.25, 0.3) is 0 Å². The van der Waals surface area contributed by atoms with Crippen molar-refractivity contribution >= 4 is 44.4 Å². The number of thiophene rings is 1. The summed E-state index contributed by atoms with van der Waals surface area (Å²) in [5.74, 6) is 1.03. The summed E-state index contributed by atoms with van der Waals surface area (Å²) in [5, 5.41) is 11.2. The van der Waals surface area contributed by atoms with E-state index in [0.29, 0.717) is 41.7 Å². The molecule has 0 atom stereocenters. The molecule has 0 radical (unpaired) electrons. The van der Waals surface area contributed by atoms with Gasteiger partial charge in [-0.15, -0.1) is 21.5 Å². The van der Waals surface area contributed by atoms with Crippen LogP contribution in [-0.4, -0.2) is 48.5 Å². The van der Waals surface area contributed by atoms with Crippen molar-refractivity contribution in [2.75, 3.05) is 24.3 Å². The highest BCUT2D eigenvalue weighted by Crippen LogP contribution is 2.35. The second kappa shape index (κ2) is 10.6. The summed E-state index contributed by atoms with van der Waals surface area (Å²) in [7, 11) is -1.99. The minimum Gasteiger partial charge on any atom is -0.495 e. The van der Waals surface area contributed by atoms with Crippen molar-refractivity contribution in [3.8, 4) is 22.1 Å². The number of hydrogen-bond donors (Lipinski definition) is 0. The zero-order valence-corrected chi connectivity index (χ0v) is 22.5. The Labute approximate surface area is 224 Å². The number of anilines is 1. The maximum Gasteiger partial charge on any atom is 0.227 e. The Morgan fingerprint density at radius 3 is 2.59 bits per heavy atom. The van der Waals surface area contributed by atoms with E-state index in [9.17, 15) is 13.2 Å². The van der Waals surface area contributed by atoms with Gasteiger partial charge in [0.15, 0.2) is 21.5 Å². The molecule has 2 aromatic carbocycles. The largest absolute Gasteiger partial charge is 0.495 e. The summed E-state index contributed by atoms with van der Waals surface area (Å²) >= 11 is 7.43. The van der Waals surface area contributed by atoms with Crippen molar-refractivity contribution in [2.45, 2.75) is 25.0 Å². The molecule has 5 rings (SSSR count). The number of hydrogen-bond acceptors (Lipinski definition) is 7. The molecule has 0 aliphatic carbocycles. The summed E-state index contributed by atoms with van der Waals surface area (Å²) in [6.45, 7) is 0.635. The van der Waals surface area contributed by atoms with Gasteiger partial charge in [0, 0.05) is 23.7 Å². The highest BCUT2D eigenvalue weighted by molar-refractivity contribution is 7.90. The molecule has 1 saturated heterocycles. The third-order valence-electron chi connectivity index (χ3n) is 6.22. The van der Waals surface area contributed by atoms with E-state index in [0.717, 1.165) is 22.5 Å². The Hall–Kier alpha value is -3.21. The standard InChI is InChI=1S/C26H25ClN4O4S2/c1-35-22-11-10-20(30-13-2-5-25(30)32)16-21(22)31-24(28-29-26(31)23-4-3-14-36-23)17-37(33,34)15-12-18-6-8-19(27)9-7-18/h3-4,6-11,14,16H,2,5,12-13,15,17H2,1H3. The molecule has 192 valence electrons. The molecular formula is C26H25ClN4O4S2. The van der Waals surface area contributed by atoms with Crippen LogP contribution in [0, 0.1) is 0 Å². The predicted molar refractivity (Wildman–Crippen MR) is 145 cm³/mol. The van der Waals surface area contributed by atoms with Crippen molar-refractivity contribution in [2.24, 2.45) is 0 Å². The number of aromatic nitrogens is 3. The smallest absolute Gasteiger partial charge is 0.227 e. The summed E-state index contributed by atoms with van der Waals surface area (Å²) in [6.07, 6.45) is 1.66. The normalized spacial score (nSPS) is 13.9. The van der Waals surface area contributed by atoms with Crippen LogP contribution in [0.3, 0.4) is 0 Å². The Balaban J connectivity index is 1.53. The molecule has 1 aliphatic rings. The maximum absolute atomic E-state index is 13.2. The zero-order chi connectivity index (χ0) is 26.0. The van der Waals surface area contributed by atoms with Gasteiger partial charge >= 0.3 is 0 Å². The van der Waals surface area contributed by atoms with Gasteiger partial charge in [-0.3, -0.25) is 9.36 Å². The highest BCUT2D eigenvalue weighted by Gasteiger charge is 2.26. The lowest BCUT2D eigenvalue weighted by Crippen LogP contribution is -2.24. The lowest BCUT2D eigenvalue weighted by atomic mass is 10.2. The molecule has 1 aliphatic heterocycles. The first-order valence-corrected chi connectivity index (χ1v) is 14.8. The van der Waals surface area contributed by atoms with E-state index >= 15 is 0 Å². The number of nitrogens with zero attached hydrogens (tertiary/aromatic N) is 4. The molecule has 1 amide bonds. The van der Waals surface area contributed by atoms with E-state index in [-0.39, 0.29) is 23.2 Å². The second-order valence-electron chi connectivity index (χ2n) is 8.73. The molecule has 0 N–H and O–H groups in total.